The third kappa shape index (κ3) is 2.32. The van der Waals surface area contributed by atoms with Crippen LogP contribution >= 0.6 is 0 Å². The molecule has 0 bridgehead atoms. The minimum atomic E-state index is 0.0515. The first-order valence-corrected chi connectivity index (χ1v) is 5.02. The van der Waals surface area contributed by atoms with Crippen molar-refractivity contribution in [3.63, 3.8) is 0 Å². The van der Waals surface area contributed by atoms with Crippen LogP contribution in [-0.4, -0.2) is 4.98 Å². The van der Waals surface area contributed by atoms with Crippen LogP contribution in [0.5, 0.6) is 0 Å². The molecule has 1 atom stereocenters. The summed E-state index contributed by atoms with van der Waals surface area (Å²) in [7, 11) is 0. The highest BCUT2D eigenvalue weighted by Gasteiger charge is 2.23. The Morgan fingerprint density at radius 1 is 1.21 bits per heavy atom. The molecule has 1 aromatic heterocycles. The molecule has 2 N–H and O–H groups in total. The minimum Gasteiger partial charge on any atom is -0.323 e. The summed E-state index contributed by atoms with van der Waals surface area (Å²) < 4.78 is 0. The zero-order valence-corrected chi connectivity index (χ0v) is 9.76. The Morgan fingerprint density at radius 3 is 2.21 bits per heavy atom. The van der Waals surface area contributed by atoms with Crippen molar-refractivity contribution in [1.29, 1.82) is 0 Å². The van der Waals surface area contributed by atoms with E-state index in [9.17, 15) is 0 Å². The molecule has 0 aliphatic rings. The standard InChI is InChI=1S/C12H20N2/c1-8-6-7-10(9(2)14-8)11(13)12(3,4)5/h6-7,11H,13H2,1-5H3. The first-order valence-electron chi connectivity index (χ1n) is 5.02. The van der Waals surface area contributed by atoms with Gasteiger partial charge < -0.3 is 5.73 Å². The topological polar surface area (TPSA) is 38.9 Å². The van der Waals surface area contributed by atoms with Crippen molar-refractivity contribution in [1.82, 2.24) is 4.98 Å². The summed E-state index contributed by atoms with van der Waals surface area (Å²) in [5.41, 5.74) is 9.52. The van der Waals surface area contributed by atoms with E-state index in [1.165, 1.54) is 0 Å². The maximum Gasteiger partial charge on any atom is 0.0423 e. The van der Waals surface area contributed by atoms with E-state index in [-0.39, 0.29) is 11.5 Å². The quantitative estimate of drug-likeness (QED) is 0.743. The molecule has 0 saturated heterocycles. The van der Waals surface area contributed by atoms with Crippen LogP contribution in [0.3, 0.4) is 0 Å². The van der Waals surface area contributed by atoms with Crippen LogP contribution in [0.1, 0.15) is 43.8 Å². The third-order valence-corrected chi connectivity index (χ3v) is 2.53. The van der Waals surface area contributed by atoms with E-state index in [1.807, 2.05) is 19.9 Å². The van der Waals surface area contributed by atoms with Crippen LogP contribution in [0.25, 0.3) is 0 Å². The molecule has 14 heavy (non-hydrogen) atoms. The van der Waals surface area contributed by atoms with Gasteiger partial charge in [-0.1, -0.05) is 26.8 Å². The van der Waals surface area contributed by atoms with Gasteiger partial charge >= 0.3 is 0 Å². The number of pyridine rings is 1. The second-order valence-corrected chi connectivity index (χ2v) is 4.97. The fraction of sp³-hybridized carbons (Fsp3) is 0.583. The summed E-state index contributed by atoms with van der Waals surface area (Å²) in [6.07, 6.45) is 0. The summed E-state index contributed by atoms with van der Waals surface area (Å²) >= 11 is 0. The Kier molecular flexibility index (Phi) is 2.95. The zero-order valence-electron chi connectivity index (χ0n) is 9.76. The smallest absolute Gasteiger partial charge is 0.0423 e. The summed E-state index contributed by atoms with van der Waals surface area (Å²) in [6, 6.07) is 4.16. The molecule has 0 aliphatic heterocycles. The predicted octanol–water partition coefficient (Wildman–Crippen LogP) is 2.74. The maximum atomic E-state index is 6.18. The van der Waals surface area contributed by atoms with Gasteiger partial charge in [-0.2, -0.15) is 0 Å². The number of aryl methyl sites for hydroxylation is 2. The van der Waals surface area contributed by atoms with Gasteiger partial charge in [-0.15, -0.1) is 0 Å². The number of nitrogens with zero attached hydrogens (tertiary/aromatic N) is 1. The van der Waals surface area contributed by atoms with Crippen molar-refractivity contribution >= 4 is 0 Å². The molecule has 2 nitrogen and oxygen atoms in total. The third-order valence-electron chi connectivity index (χ3n) is 2.53. The van der Waals surface area contributed by atoms with E-state index in [1.54, 1.807) is 0 Å². The monoisotopic (exact) mass is 192 g/mol. The minimum absolute atomic E-state index is 0.0515. The molecular formula is C12H20N2. The highest BCUT2D eigenvalue weighted by atomic mass is 14.7. The van der Waals surface area contributed by atoms with Gasteiger partial charge in [0.15, 0.2) is 0 Å². The lowest BCUT2D eigenvalue weighted by atomic mass is 9.82. The Balaban J connectivity index is 3.08. The van der Waals surface area contributed by atoms with Crippen LogP contribution in [0, 0.1) is 19.3 Å². The van der Waals surface area contributed by atoms with Crippen LogP contribution < -0.4 is 5.73 Å². The van der Waals surface area contributed by atoms with E-state index in [4.69, 9.17) is 5.73 Å². The number of nitrogens with two attached hydrogens (primary N) is 1. The fourth-order valence-electron chi connectivity index (χ4n) is 1.49. The Hall–Kier alpha value is -0.890. The molecule has 1 heterocycles. The molecule has 0 saturated carbocycles. The summed E-state index contributed by atoms with van der Waals surface area (Å²) in [4.78, 5) is 4.43. The molecule has 0 amide bonds. The Morgan fingerprint density at radius 2 is 1.79 bits per heavy atom. The Bertz CT molecular complexity index is 324. The Labute approximate surface area is 86.5 Å². The molecule has 78 valence electrons. The predicted molar refractivity (Wildman–Crippen MR) is 60.1 cm³/mol. The van der Waals surface area contributed by atoms with Crippen molar-refractivity contribution in [3.05, 3.63) is 29.1 Å². The van der Waals surface area contributed by atoms with E-state index < -0.39 is 0 Å². The number of aromatic nitrogens is 1. The lowest BCUT2D eigenvalue weighted by Gasteiger charge is -2.28. The van der Waals surface area contributed by atoms with Crippen molar-refractivity contribution in [2.45, 2.75) is 40.7 Å². The van der Waals surface area contributed by atoms with E-state index in [2.05, 4.69) is 31.8 Å². The average molecular weight is 192 g/mol. The van der Waals surface area contributed by atoms with Crippen LogP contribution in [0.4, 0.5) is 0 Å². The molecule has 0 spiro atoms. The lowest BCUT2D eigenvalue weighted by Crippen LogP contribution is -2.27. The second-order valence-electron chi connectivity index (χ2n) is 4.97. The van der Waals surface area contributed by atoms with Crippen LogP contribution in [0.15, 0.2) is 12.1 Å². The molecule has 0 radical (unpaired) electrons. The number of hydrogen-bond acceptors (Lipinski definition) is 2. The normalized spacial score (nSPS) is 14.1. The van der Waals surface area contributed by atoms with Gasteiger partial charge in [0.2, 0.25) is 0 Å². The lowest BCUT2D eigenvalue weighted by molar-refractivity contribution is 0.325. The zero-order chi connectivity index (χ0) is 10.9. The molecule has 1 unspecified atom stereocenters. The highest BCUT2D eigenvalue weighted by molar-refractivity contribution is 5.26. The average Bonchev–Trinajstić information content (AvgIpc) is 2.01. The number of hydrogen-bond donors (Lipinski definition) is 1. The van der Waals surface area contributed by atoms with Crippen molar-refractivity contribution < 1.29 is 0 Å². The van der Waals surface area contributed by atoms with Crippen molar-refractivity contribution in [2.24, 2.45) is 11.1 Å². The van der Waals surface area contributed by atoms with Crippen LogP contribution in [-0.2, 0) is 0 Å². The molecule has 1 aromatic rings. The fourth-order valence-corrected chi connectivity index (χ4v) is 1.49. The van der Waals surface area contributed by atoms with Gasteiger partial charge in [0, 0.05) is 17.4 Å². The van der Waals surface area contributed by atoms with Gasteiger partial charge in [-0.3, -0.25) is 4.98 Å². The van der Waals surface area contributed by atoms with E-state index >= 15 is 0 Å². The molecule has 0 aliphatic carbocycles. The summed E-state index contributed by atoms with van der Waals surface area (Å²) in [5, 5.41) is 0. The SMILES string of the molecule is Cc1ccc(C(N)C(C)(C)C)c(C)n1. The van der Waals surface area contributed by atoms with E-state index in [0.717, 1.165) is 17.0 Å². The first-order chi connectivity index (χ1) is 6.32. The molecular weight excluding hydrogens is 172 g/mol. The van der Waals surface area contributed by atoms with Crippen molar-refractivity contribution in [2.75, 3.05) is 0 Å². The van der Waals surface area contributed by atoms with Gasteiger partial charge in [0.05, 0.1) is 0 Å². The maximum absolute atomic E-state index is 6.18. The first kappa shape index (κ1) is 11.2. The molecule has 1 rings (SSSR count). The molecule has 0 fully saturated rings. The van der Waals surface area contributed by atoms with Gasteiger partial charge in [-0.05, 0) is 30.9 Å². The number of rotatable bonds is 1. The molecule has 2 heteroatoms. The van der Waals surface area contributed by atoms with Gasteiger partial charge in [0.25, 0.3) is 0 Å². The van der Waals surface area contributed by atoms with Gasteiger partial charge in [0.1, 0.15) is 0 Å². The highest BCUT2D eigenvalue weighted by Crippen LogP contribution is 2.31. The largest absolute Gasteiger partial charge is 0.323 e. The summed E-state index contributed by atoms with van der Waals surface area (Å²) in [6.45, 7) is 10.5. The van der Waals surface area contributed by atoms with Crippen LogP contribution in [0.2, 0.25) is 0 Å². The van der Waals surface area contributed by atoms with Gasteiger partial charge in [-0.25, -0.2) is 0 Å². The second kappa shape index (κ2) is 3.70. The van der Waals surface area contributed by atoms with Crippen molar-refractivity contribution in [3.8, 4) is 0 Å². The van der Waals surface area contributed by atoms with E-state index in [0.29, 0.717) is 0 Å². The summed E-state index contributed by atoms with van der Waals surface area (Å²) in [5.74, 6) is 0. The molecule has 0 aromatic carbocycles.